The Hall–Kier alpha value is -1.19. The first kappa shape index (κ1) is 28.1. The standard InChI is InChI=1S/C25H43IN4O3/c1-20(2)19-22-25(32)33-18-14-10-6-5-9-13-17-30-24(26)21(28-29-30)15-11-7-3-4-8-12-16-23(31)27-22/h20,22H,3-19H2,1-2H3,(H,27,31)/t22-/m0/s1. The van der Waals surface area contributed by atoms with Crippen molar-refractivity contribution in [2.24, 2.45) is 5.92 Å². The van der Waals surface area contributed by atoms with Crippen LogP contribution in [0.15, 0.2) is 0 Å². The van der Waals surface area contributed by atoms with Gasteiger partial charge in [-0.05, 0) is 67.0 Å². The quantitative estimate of drug-likeness (QED) is 0.368. The van der Waals surface area contributed by atoms with Crippen LogP contribution in [0, 0.1) is 9.62 Å². The van der Waals surface area contributed by atoms with Gasteiger partial charge in [0.05, 0.1) is 12.3 Å². The molecule has 1 N–H and O–H groups in total. The number of nitrogens with zero attached hydrogens (tertiary/aromatic N) is 3. The summed E-state index contributed by atoms with van der Waals surface area (Å²) in [5.41, 5.74) is 1.13. The number of cyclic esters (lactones) is 1. The van der Waals surface area contributed by atoms with Crippen LogP contribution >= 0.6 is 22.6 Å². The number of carbonyl (C=O) groups is 2. The number of hydrogen-bond acceptors (Lipinski definition) is 5. The van der Waals surface area contributed by atoms with Crippen molar-refractivity contribution >= 4 is 34.5 Å². The minimum atomic E-state index is -0.527. The lowest BCUT2D eigenvalue weighted by atomic mass is 10.0. The number of fused-ring (bicyclic) bond motifs is 2. The highest BCUT2D eigenvalue weighted by molar-refractivity contribution is 14.1. The molecule has 1 aromatic heterocycles. The van der Waals surface area contributed by atoms with E-state index in [0.29, 0.717) is 25.4 Å². The van der Waals surface area contributed by atoms with Gasteiger partial charge in [0.2, 0.25) is 5.91 Å². The monoisotopic (exact) mass is 574 g/mol. The predicted molar refractivity (Wildman–Crippen MR) is 139 cm³/mol. The van der Waals surface area contributed by atoms with E-state index in [1.165, 1.54) is 29.4 Å². The number of aryl methyl sites for hydroxylation is 2. The summed E-state index contributed by atoms with van der Waals surface area (Å²) in [5, 5.41) is 11.7. The smallest absolute Gasteiger partial charge is 0.328 e. The molecule has 1 aromatic rings. The molecule has 0 fully saturated rings. The molecule has 0 saturated carbocycles. The van der Waals surface area contributed by atoms with Crippen molar-refractivity contribution in [3.05, 3.63) is 9.39 Å². The van der Waals surface area contributed by atoms with Gasteiger partial charge in [-0.3, -0.25) is 4.79 Å². The number of carbonyl (C=O) groups excluding carboxylic acids is 2. The Morgan fingerprint density at radius 2 is 1.55 bits per heavy atom. The SMILES string of the molecule is CC(C)C[C@@H]1NC(=O)CCCCCCCCc2nnn(c2I)CCCCCCCCOC1=O. The Bertz CT molecular complexity index is 708. The van der Waals surface area contributed by atoms with Crippen LogP contribution in [0.25, 0.3) is 0 Å². The molecule has 1 aliphatic heterocycles. The fraction of sp³-hybridized carbons (Fsp3) is 0.840. The molecule has 33 heavy (non-hydrogen) atoms. The Labute approximate surface area is 213 Å². The molecule has 1 aliphatic rings. The topological polar surface area (TPSA) is 86.1 Å². The van der Waals surface area contributed by atoms with Crippen molar-refractivity contribution in [2.75, 3.05) is 6.61 Å². The number of amides is 1. The highest BCUT2D eigenvalue weighted by Gasteiger charge is 2.23. The molecular weight excluding hydrogens is 531 g/mol. The van der Waals surface area contributed by atoms with Gasteiger partial charge in [-0.15, -0.1) is 5.10 Å². The molecule has 2 rings (SSSR count). The largest absolute Gasteiger partial charge is 0.464 e. The zero-order valence-corrected chi connectivity index (χ0v) is 22.8. The normalized spacial score (nSPS) is 21.8. The van der Waals surface area contributed by atoms with E-state index in [2.05, 4.69) is 52.1 Å². The first-order valence-corrected chi connectivity index (χ1v) is 14.1. The van der Waals surface area contributed by atoms with E-state index in [9.17, 15) is 9.59 Å². The number of ether oxygens (including phenoxy) is 1. The van der Waals surface area contributed by atoms with Gasteiger partial charge in [0.15, 0.2) is 0 Å². The summed E-state index contributed by atoms with van der Waals surface area (Å²) in [4.78, 5) is 24.9. The van der Waals surface area contributed by atoms with E-state index in [0.717, 1.165) is 70.0 Å². The first-order chi connectivity index (χ1) is 16.0. The van der Waals surface area contributed by atoms with Gasteiger partial charge >= 0.3 is 5.97 Å². The van der Waals surface area contributed by atoms with E-state index in [1.807, 2.05) is 4.68 Å². The summed E-state index contributed by atoms with van der Waals surface area (Å²) in [6.45, 7) is 5.50. The van der Waals surface area contributed by atoms with Crippen LogP contribution in [-0.4, -0.2) is 39.5 Å². The minimum Gasteiger partial charge on any atom is -0.464 e. The molecule has 0 spiro atoms. The lowest BCUT2D eigenvalue weighted by Gasteiger charge is -2.19. The maximum absolute atomic E-state index is 12.5. The van der Waals surface area contributed by atoms with Gasteiger partial charge in [0.1, 0.15) is 9.74 Å². The van der Waals surface area contributed by atoms with E-state index >= 15 is 0 Å². The maximum Gasteiger partial charge on any atom is 0.328 e. The van der Waals surface area contributed by atoms with Gasteiger partial charge in [0.25, 0.3) is 0 Å². The molecule has 2 heterocycles. The van der Waals surface area contributed by atoms with Crippen molar-refractivity contribution in [1.29, 1.82) is 0 Å². The number of esters is 1. The average molecular weight is 575 g/mol. The third-order valence-electron chi connectivity index (χ3n) is 6.14. The first-order valence-electron chi connectivity index (χ1n) is 13.0. The third kappa shape index (κ3) is 11.7. The molecule has 0 aliphatic carbocycles. The number of rotatable bonds is 2. The van der Waals surface area contributed by atoms with E-state index in [4.69, 9.17) is 4.74 Å². The van der Waals surface area contributed by atoms with Crippen molar-refractivity contribution in [2.45, 2.75) is 123 Å². The van der Waals surface area contributed by atoms with Crippen molar-refractivity contribution in [3.8, 4) is 0 Å². The van der Waals surface area contributed by atoms with Crippen LogP contribution in [0.2, 0.25) is 0 Å². The second-order valence-corrected chi connectivity index (χ2v) is 10.7. The summed E-state index contributed by atoms with van der Waals surface area (Å²) in [6.07, 6.45) is 15.2. The maximum atomic E-state index is 12.5. The number of aromatic nitrogens is 3. The summed E-state index contributed by atoms with van der Waals surface area (Å²) in [6, 6.07) is -0.527. The van der Waals surface area contributed by atoms with Crippen LogP contribution in [0.3, 0.4) is 0 Å². The Morgan fingerprint density at radius 1 is 0.939 bits per heavy atom. The zero-order valence-electron chi connectivity index (χ0n) is 20.6. The van der Waals surface area contributed by atoms with Crippen LogP contribution in [0.1, 0.15) is 109 Å². The fourth-order valence-electron chi connectivity index (χ4n) is 4.21. The molecule has 7 nitrogen and oxygen atoms in total. The highest BCUT2D eigenvalue weighted by Crippen LogP contribution is 2.16. The molecule has 1 atom stereocenters. The van der Waals surface area contributed by atoms with E-state index in [-0.39, 0.29) is 11.9 Å². The summed E-state index contributed by atoms with van der Waals surface area (Å²) >= 11 is 2.38. The number of halogens is 1. The lowest BCUT2D eigenvalue weighted by Crippen LogP contribution is -2.42. The summed E-state index contributed by atoms with van der Waals surface area (Å²) in [5.74, 6) is -0.000992. The number of hydrogen-bond donors (Lipinski definition) is 1. The van der Waals surface area contributed by atoms with Crippen molar-refractivity contribution < 1.29 is 14.3 Å². The molecule has 0 radical (unpaired) electrons. The average Bonchev–Trinajstić information content (AvgIpc) is 3.12. The van der Waals surface area contributed by atoms with Crippen molar-refractivity contribution in [3.63, 3.8) is 0 Å². The molecular formula is C25H43IN4O3. The zero-order chi connectivity index (χ0) is 23.9. The molecule has 8 heteroatoms. The van der Waals surface area contributed by atoms with E-state index < -0.39 is 6.04 Å². The van der Waals surface area contributed by atoms with Crippen LogP contribution in [0.4, 0.5) is 0 Å². The van der Waals surface area contributed by atoms with E-state index in [1.54, 1.807) is 0 Å². The van der Waals surface area contributed by atoms with Gasteiger partial charge in [0, 0.05) is 13.0 Å². The van der Waals surface area contributed by atoms with Gasteiger partial charge in [-0.2, -0.15) is 0 Å². The Kier molecular flexibility index (Phi) is 14.0. The fourth-order valence-corrected chi connectivity index (χ4v) is 4.93. The summed E-state index contributed by atoms with van der Waals surface area (Å²) < 4.78 is 8.73. The Balaban J connectivity index is 1.84. The predicted octanol–water partition coefficient (Wildman–Crippen LogP) is 5.58. The molecule has 2 bridgehead atoms. The van der Waals surface area contributed by atoms with Crippen LogP contribution in [-0.2, 0) is 27.3 Å². The van der Waals surface area contributed by atoms with Gasteiger partial charge in [-0.25, -0.2) is 9.48 Å². The summed E-state index contributed by atoms with van der Waals surface area (Å²) in [7, 11) is 0. The number of nitrogens with one attached hydrogen (secondary N) is 1. The molecule has 1 amide bonds. The third-order valence-corrected chi connectivity index (χ3v) is 7.32. The van der Waals surface area contributed by atoms with Gasteiger partial charge < -0.3 is 10.1 Å². The second-order valence-electron chi connectivity index (χ2n) is 9.71. The van der Waals surface area contributed by atoms with Crippen LogP contribution < -0.4 is 5.32 Å². The van der Waals surface area contributed by atoms with Crippen molar-refractivity contribution in [1.82, 2.24) is 20.3 Å². The molecule has 0 aromatic carbocycles. The lowest BCUT2D eigenvalue weighted by molar-refractivity contribution is -0.148. The molecule has 188 valence electrons. The Morgan fingerprint density at radius 3 is 2.24 bits per heavy atom. The molecule has 0 unspecified atom stereocenters. The highest BCUT2D eigenvalue weighted by atomic mass is 127. The van der Waals surface area contributed by atoms with Gasteiger partial charge in [-0.1, -0.05) is 70.4 Å². The second kappa shape index (κ2) is 16.4. The minimum absolute atomic E-state index is 0.0373. The van der Waals surface area contributed by atoms with Crippen LogP contribution in [0.5, 0.6) is 0 Å². The molecule has 0 saturated heterocycles.